The molecule has 2 unspecified atom stereocenters. The summed E-state index contributed by atoms with van der Waals surface area (Å²) in [6, 6.07) is 6.29. The molecule has 7 nitrogen and oxygen atoms in total. The molecule has 2 heterocycles. The summed E-state index contributed by atoms with van der Waals surface area (Å²) in [5, 5.41) is 0. The van der Waals surface area contributed by atoms with Crippen molar-refractivity contribution in [1.82, 2.24) is 9.97 Å². The number of rotatable bonds is 6. The third kappa shape index (κ3) is 4.81. The van der Waals surface area contributed by atoms with E-state index in [1.807, 2.05) is 0 Å². The maximum atomic E-state index is 13.6. The Labute approximate surface area is 181 Å². The molecule has 0 amide bonds. The van der Waals surface area contributed by atoms with E-state index < -0.39 is 17.4 Å². The highest BCUT2D eigenvalue weighted by atomic mass is 16.5. The lowest BCUT2D eigenvalue weighted by molar-refractivity contribution is -0.140. The summed E-state index contributed by atoms with van der Waals surface area (Å²) in [6.45, 7) is -0.187. The molecule has 0 saturated heterocycles. The minimum Gasteiger partial charge on any atom is -0.461 e. The average Bonchev–Trinajstić information content (AvgIpc) is 3.12. The number of hydrogen-bond acceptors (Lipinski definition) is 7. The van der Waals surface area contributed by atoms with Crippen molar-refractivity contribution in [2.45, 2.75) is 38.5 Å². The van der Waals surface area contributed by atoms with Crippen LogP contribution < -0.4 is 0 Å². The standard InChI is InChI=1S/C24H26N2O5/c27-21-18-3-1-2-17(4-5-18)14-24(21,15-30-22(28)19-6-10-25-11-7-19)16-31-23(29)20-8-12-26-13-9-20/h6-13,17-18H,1-5,14-16H2. The van der Waals surface area contributed by atoms with Gasteiger partial charge < -0.3 is 9.47 Å². The Morgan fingerprint density at radius 2 is 1.39 bits per heavy atom. The lowest BCUT2D eigenvalue weighted by Gasteiger charge is -2.35. The fraction of sp³-hybridized carbons (Fsp3) is 0.458. The molecule has 2 aliphatic carbocycles. The van der Waals surface area contributed by atoms with Crippen molar-refractivity contribution in [3.63, 3.8) is 0 Å². The molecule has 2 saturated carbocycles. The van der Waals surface area contributed by atoms with Gasteiger partial charge in [-0.3, -0.25) is 14.8 Å². The van der Waals surface area contributed by atoms with Gasteiger partial charge in [0.2, 0.25) is 0 Å². The molecule has 162 valence electrons. The van der Waals surface area contributed by atoms with Gasteiger partial charge in [-0.05, 0) is 55.9 Å². The number of fused-ring (bicyclic) bond motifs is 3. The largest absolute Gasteiger partial charge is 0.461 e. The van der Waals surface area contributed by atoms with Gasteiger partial charge in [-0.25, -0.2) is 9.59 Å². The second kappa shape index (κ2) is 9.37. The van der Waals surface area contributed by atoms with Crippen LogP contribution in [0, 0.1) is 17.3 Å². The molecule has 0 N–H and O–H groups in total. The van der Waals surface area contributed by atoms with Crippen molar-refractivity contribution in [3.05, 3.63) is 60.2 Å². The van der Waals surface area contributed by atoms with E-state index in [1.54, 1.807) is 24.3 Å². The van der Waals surface area contributed by atoms with Crippen LogP contribution in [0.5, 0.6) is 0 Å². The fourth-order valence-electron chi connectivity index (χ4n) is 4.78. The van der Waals surface area contributed by atoms with Crippen LogP contribution >= 0.6 is 0 Å². The molecule has 4 rings (SSSR count). The van der Waals surface area contributed by atoms with E-state index in [2.05, 4.69) is 9.97 Å². The zero-order chi connectivity index (χ0) is 21.7. The number of esters is 2. The Morgan fingerprint density at radius 3 is 1.94 bits per heavy atom. The van der Waals surface area contributed by atoms with Gasteiger partial charge >= 0.3 is 11.9 Å². The zero-order valence-electron chi connectivity index (χ0n) is 17.4. The van der Waals surface area contributed by atoms with E-state index in [0.29, 0.717) is 23.5 Å². The minimum absolute atomic E-state index is 0.0553. The van der Waals surface area contributed by atoms with Crippen molar-refractivity contribution < 1.29 is 23.9 Å². The van der Waals surface area contributed by atoms with Gasteiger partial charge in [0.15, 0.2) is 0 Å². The molecule has 2 fully saturated rings. The van der Waals surface area contributed by atoms with E-state index in [1.165, 1.54) is 24.8 Å². The number of aromatic nitrogens is 2. The summed E-state index contributed by atoms with van der Waals surface area (Å²) in [6.07, 6.45) is 11.4. The first-order valence-electron chi connectivity index (χ1n) is 10.8. The normalized spacial score (nSPS) is 22.3. The van der Waals surface area contributed by atoms with Gasteiger partial charge in [0.05, 0.1) is 16.5 Å². The van der Waals surface area contributed by atoms with Crippen LogP contribution in [-0.4, -0.2) is 40.9 Å². The van der Waals surface area contributed by atoms with Gasteiger partial charge in [-0.2, -0.15) is 0 Å². The Kier molecular flexibility index (Phi) is 6.39. The topological polar surface area (TPSA) is 95.5 Å². The number of ether oxygens (including phenoxy) is 2. The molecule has 2 aromatic rings. The molecule has 2 bridgehead atoms. The molecular weight excluding hydrogens is 396 g/mol. The first-order chi connectivity index (χ1) is 15.1. The zero-order valence-corrected chi connectivity index (χ0v) is 17.4. The van der Waals surface area contributed by atoms with Crippen LogP contribution in [0.3, 0.4) is 0 Å². The number of carbonyl (C=O) groups excluding carboxylic acids is 3. The maximum absolute atomic E-state index is 13.6. The van der Waals surface area contributed by atoms with Crippen molar-refractivity contribution >= 4 is 17.7 Å². The molecule has 2 atom stereocenters. The number of carbonyl (C=O) groups is 3. The average molecular weight is 422 g/mol. The molecule has 31 heavy (non-hydrogen) atoms. The number of nitrogens with zero attached hydrogens (tertiary/aromatic N) is 2. The highest BCUT2D eigenvalue weighted by Crippen LogP contribution is 2.44. The quantitative estimate of drug-likeness (QED) is 0.656. The minimum atomic E-state index is -1.02. The predicted octanol–water partition coefficient (Wildman–Crippen LogP) is 3.65. The van der Waals surface area contributed by atoms with Crippen LogP contribution in [0.4, 0.5) is 0 Å². The second-order valence-electron chi connectivity index (χ2n) is 8.54. The van der Waals surface area contributed by atoms with Crippen LogP contribution in [0.2, 0.25) is 0 Å². The SMILES string of the molecule is O=C(OCC1(COC(=O)c2ccncc2)CC2CCCC(CC2)C1=O)c1ccncc1. The fourth-order valence-corrected chi connectivity index (χ4v) is 4.78. The summed E-state index contributed by atoms with van der Waals surface area (Å²) in [5.41, 5.74) is -0.266. The van der Waals surface area contributed by atoms with Crippen molar-refractivity contribution in [3.8, 4) is 0 Å². The first kappa shape index (κ1) is 21.2. The van der Waals surface area contributed by atoms with E-state index in [-0.39, 0.29) is 24.9 Å². The molecule has 0 aliphatic heterocycles. The monoisotopic (exact) mass is 422 g/mol. The number of pyridine rings is 2. The summed E-state index contributed by atoms with van der Waals surface area (Å²) in [7, 11) is 0. The van der Waals surface area contributed by atoms with E-state index in [0.717, 1.165) is 32.1 Å². The molecule has 0 radical (unpaired) electrons. The summed E-state index contributed by atoms with van der Waals surface area (Å²) < 4.78 is 11.2. The molecular formula is C24H26N2O5. The van der Waals surface area contributed by atoms with Crippen molar-refractivity contribution in [1.29, 1.82) is 0 Å². The maximum Gasteiger partial charge on any atom is 0.338 e. The number of hydrogen-bond donors (Lipinski definition) is 0. The Bertz CT molecular complexity index is 876. The van der Waals surface area contributed by atoms with E-state index in [9.17, 15) is 14.4 Å². The molecule has 2 aliphatic rings. The Hall–Kier alpha value is -3.09. The molecule has 0 spiro atoms. The summed E-state index contributed by atoms with van der Waals surface area (Å²) in [5.74, 6) is -0.684. The second-order valence-corrected chi connectivity index (χ2v) is 8.54. The Morgan fingerprint density at radius 1 is 0.839 bits per heavy atom. The van der Waals surface area contributed by atoms with Gasteiger partial charge in [0.1, 0.15) is 19.0 Å². The lowest BCUT2D eigenvalue weighted by Crippen LogP contribution is -2.45. The predicted molar refractivity (Wildman–Crippen MR) is 111 cm³/mol. The third-order valence-electron chi connectivity index (χ3n) is 6.45. The smallest absolute Gasteiger partial charge is 0.338 e. The van der Waals surface area contributed by atoms with Gasteiger partial charge in [-0.15, -0.1) is 0 Å². The Balaban J connectivity index is 1.55. The van der Waals surface area contributed by atoms with Gasteiger partial charge in [-0.1, -0.05) is 12.8 Å². The highest BCUT2D eigenvalue weighted by Gasteiger charge is 2.49. The summed E-state index contributed by atoms with van der Waals surface area (Å²) >= 11 is 0. The van der Waals surface area contributed by atoms with Crippen LogP contribution in [0.15, 0.2) is 49.1 Å². The van der Waals surface area contributed by atoms with Crippen LogP contribution in [0.1, 0.15) is 59.2 Å². The molecule has 0 aromatic carbocycles. The van der Waals surface area contributed by atoms with Gasteiger partial charge in [0.25, 0.3) is 0 Å². The van der Waals surface area contributed by atoms with Crippen LogP contribution in [-0.2, 0) is 14.3 Å². The first-order valence-corrected chi connectivity index (χ1v) is 10.8. The van der Waals surface area contributed by atoms with E-state index >= 15 is 0 Å². The number of Topliss-reactive ketones (excluding diaryl/α,β-unsaturated/α-hetero) is 1. The van der Waals surface area contributed by atoms with Crippen LogP contribution in [0.25, 0.3) is 0 Å². The van der Waals surface area contributed by atoms with Crippen molar-refractivity contribution in [2.24, 2.45) is 17.3 Å². The van der Waals surface area contributed by atoms with E-state index in [4.69, 9.17) is 9.47 Å². The molecule has 2 aromatic heterocycles. The van der Waals surface area contributed by atoms with Crippen molar-refractivity contribution in [2.75, 3.05) is 13.2 Å². The molecule has 7 heteroatoms. The van der Waals surface area contributed by atoms with Gasteiger partial charge in [0, 0.05) is 30.7 Å². The third-order valence-corrected chi connectivity index (χ3v) is 6.45. The highest BCUT2D eigenvalue weighted by molar-refractivity contribution is 5.92. The number of ketones is 1. The lowest BCUT2D eigenvalue weighted by atomic mass is 9.72. The summed E-state index contributed by atoms with van der Waals surface area (Å²) in [4.78, 5) is 46.5.